The quantitative estimate of drug-likeness (QED) is 0.685. The third kappa shape index (κ3) is 4.93. The summed E-state index contributed by atoms with van der Waals surface area (Å²) < 4.78 is 4.98. The fourth-order valence-electron chi connectivity index (χ4n) is 4.32. The molecule has 0 radical (unpaired) electrons. The molecule has 3 heterocycles. The summed E-state index contributed by atoms with van der Waals surface area (Å²) in [6, 6.07) is 5.14. The molecular formula is C23H32N4O5. The Balaban J connectivity index is 0.00000141. The van der Waals surface area contributed by atoms with Gasteiger partial charge in [-0.1, -0.05) is 13.8 Å². The molecule has 0 bridgehead atoms. The highest BCUT2D eigenvalue weighted by Crippen LogP contribution is 2.31. The highest BCUT2D eigenvalue weighted by atomic mass is 16.5. The van der Waals surface area contributed by atoms with Crippen molar-refractivity contribution in [1.82, 2.24) is 15.1 Å². The van der Waals surface area contributed by atoms with Gasteiger partial charge in [-0.3, -0.25) is 24.5 Å². The maximum Gasteiger partial charge on any atom is 0.255 e. The lowest BCUT2D eigenvalue weighted by Gasteiger charge is -2.36. The average Bonchev–Trinajstić information content (AvgIpc) is 3.14. The van der Waals surface area contributed by atoms with Gasteiger partial charge in [-0.15, -0.1) is 0 Å². The molecule has 4 rings (SSSR count). The molecule has 1 aromatic rings. The Morgan fingerprint density at radius 1 is 1.12 bits per heavy atom. The molecule has 4 amide bonds. The summed E-state index contributed by atoms with van der Waals surface area (Å²) in [5.74, 6) is -0.750. The first kappa shape index (κ1) is 23.7. The van der Waals surface area contributed by atoms with Crippen LogP contribution in [0, 0.1) is 0 Å². The predicted molar refractivity (Wildman–Crippen MR) is 119 cm³/mol. The van der Waals surface area contributed by atoms with E-state index < -0.39 is 11.9 Å². The van der Waals surface area contributed by atoms with E-state index in [0.29, 0.717) is 44.6 Å². The van der Waals surface area contributed by atoms with Gasteiger partial charge in [0.15, 0.2) is 0 Å². The largest absolute Gasteiger partial charge is 0.384 e. The topological polar surface area (TPSA) is 99.3 Å². The third-order valence-corrected chi connectivity index (χ3v) is 6.02. The molecule has 9 heteroatoms. The van der Waals surface area contributed by atoms with Crippen LogP contribution in [0.3, 0.4) is 0 Å². The number of ether oxygens (including phenoxy) is 1. The highest BCUT2D eigenvalue weighted by molar-refractivity contribution is 6.05. The zero-order chi connectivity index (χ0) is 23.3. The van der Waals surface area contributed by atoms with Crippen LogP contribution in [0.15, 0.2) is 18.2 Å². The average molecular weight is 445 g/mol. The first-order valence-electron chi connectivity index (χ1n) is 11.3. The van der Waals surface area contributed by atoms with E-state index in [1.807, 2.05) is 36.9 Å². The number of rotatable bonds is 5. The van der Waals surface area contributed by atoms with Crippen LogP contribution in [0.5, 0.6) is 0 Å². The number of piperazine rings is 1. The number of nitrogens with zero attached hydrogens (tertiary/aromatic N) is 3. The van der Waals surface area contributed by atoms with E-state index >= 15 is 0 Å². The molecule has 0 aliphatic carbocycles. The summed E-state index contributed by atoms with van der Waals surface area (Å²) in [6.45, 7) is 7.55. The van der Waals surface area contributed by atoms with Crippen LogP contribution in [0.1, 0.15) is 49.0 Å². The van der Waals surface area contributed by atoms with Crippen molar-refractivity contribution >= 4 is 29.3 Å². The molecule has 1 N–H and O–H groups in total. The van der Waals surface area contributed by atoms with Crippen molar-refractivity contribution in [3.05, 3.63) is 29.3 Å². The number of fused-ring (bicyclic) bond motifs is 1. The number of nitrogens with one attached hydrogen (secondary N) is 1. The summed E-state index contributed by atoms with van der Waals surface area (Å²) in [5.41, 5.74) is 2.51. The Hall–Kier alpha value is -2.94. The van der Waals surface area contributed by atoms with Crippen LogP contribution in [0.25, 0.3) is 0 Å². The van der Waals surface area contributed by atoms with Crippen molar-refractivity contribution in [2.75, 3.05) is 44.8 Å². The van der Waals surface area contributed by atoms with E-state index in [0.717, 1.165) is 24.3 Å². The van der Waals surface area contributed by atoms with E-state index in [4.69, 9.17) is 4.74 Å². The standard InChI is InChI=1S/C21H26N4O5.C2H6/c1-30-11-6-19(27)24-9-7-23(8-10-24)15-2-3-16-14(12-15)13-25(21(16)29)17-4-5-18(26)22-20(17)28;1-2/h2-3,12,17H,4-11,13H2,1H3,(H,22,26,28);1-2H3. The van der Waals surface area contributed by atoms with Crippen molar-refractivity contribution in [3.8, 4) is 0 Å². The molecule has 1 atom stereocenters. The fraction of sp³-hybridized carbons (Fsp3) is 0.565. The van der Waals surface area contributed by atoms with Crippen molar-refractivity contribution < 1.29 is 23.9 Å². The lowest BCUT2D eigenvalue weighted by Crippen LogP contribution is -2.52. The summed E-state index contributed by atoms with van der Waals surface area (Å²) >= 11 is 0. The van der Waals surface area contributed by atoms with Crippen LogP contribution in [0.2, 0.25) is 0 Å². The first-order chi connectivity index (χ1) is 15.5. The van der Waals surface area contributed by atoms with Crippen LogP contribution in [-0.4, -0.2) is 79.4 Å². The number of hydrogen-bond acceptors (Lipinski definition) is 6. The lowest BCUT2D eigenvalue weighted by atomic mass is 10.0. The molecule has 3 aliphatic rings. The molecule has 1 unspecified atom stereocenters. The van der Waals surface area contributed by atoms with Crippen molar-refractivity contribution in [2.45, 2.75) is 45.7 Å². The molecule has 174 valence electrons. The summed E-state index contributed by atoms with van der Waals surface area (Å²) in [5, 5.41) is 2.32. The first-order valence-corrected chi connectivity index (χ1v) is 11.3. The van der Waals surface area contributed by atoms with Gasteiger partial charge < -0.3 is 19.4 Å². The second-order valence-corrected chi connectivity index (χ2v) is 7.85. The molecule has 9 nitrogen and oxygen atoms in total. The number of piperidine rings is 1. The predicted octanol–water partition coefficient (Wildman–Crippen LogP) is 1.16. The Labute approximate surface area is 188 Å². The monoisotopic (exact) mass is 444 g/mol. The number of hydrogen-bond donors (Lipinski definition) is 1. The molecule has 3 aliphatic heterocycles. The number of amides is 4. The van der Waals surface area contributed by atoms with Gasteiger partial charge in [0.25, 0.3) is 5.91 Å². The van der Waals surface area contributed by atoms with Crippen LogP contribution in [0.4, 0.5) is 5.69 Å². The minimum absolute atomic E-state index is 0.107. The zero-order valence-corrected chi connectivity index (χ0v) is 19.1. The van der Waals surface area contributed by atoms with E-state index in [1.54, 1.807) is 12.0 Å². The van der Waals surface area contributed by atoms with E-state index in [-0.39, 0.29) is 24.1 Å². The minimum Gasteiger partial charge on any atom is -0.384 e. The summed E-state index contributed by atoms with van der Waals surface area (Å²) in [6.07, 6.45) is 0.999. The number of imide groups is 1. The van der Waals surface area contributed by atoms with Crippen LogP contribution < -0.4 is 10.2 Å². The van der Waals surface area contributed by atoms with Gasteiger partial charge in [0, 0.05) is 57.5 Å². The van der Waals surface area contributed by atoms with Gasteiger partial charge in [0.1, 0.15) is 6.04 Å². The molecule has 1 aromatic carbocycles. The maximum absolute atomic E-state index is 12.8. The normalized spacial score (nSPS) is 20.5. The number of carbonyl (C=O) groups excluding carboxylic acids is 4. The lowest BCUT2D eigenvalue weighted by molar-refractivity contribution is -0.137. The molecule has 0 saturated carbocycles. The molecule has 0 aromatic heterocycles. The Kier molecular flexibility index (Phi) is 7.84. The second-order valence-electron chi connectivity index (χ2n) is 7.85. The number of methoxy groups -OCH3 is 1. The smallest absolute Gasteiger partial charge is 0.255 e. The van der Waals surface area contributed by atoms with Gasteiger partial charge in [-0.25, -0.2) is 0 Å². The maximum atomic E-state index is 12.8. The Morgan fingerprint density at radius 2 is 1.84 bits per heavy atom. The highest BCUT2D eigenvalue weighted by Gasteiger charge is 2.39. The fourth-order valence-corrected chi connectivity index (χ4v) is 4.32. The summed E-state index contributed by atoms with van der Waals surface area (Å²) in [7, 11) is 1.59. The van der Waals surface area contributed by atoms with Gasteiger partial charge in [0.2, 0.25) is 17.7 Å². The second kappa shape index (κ2) is 10.6. The van der Waals surface area contributed by atoms with E-state index in [9.17, 15) is 19.2 Å². The molecule has 2 saturated heterocycles. The van der Waals surface area contributed by atoms with E-state index in [1.165, 1.54) is 0 Å². The molecule has 32 heavy (non-hydrogen) atoms. The van der Waals surface area contributed by atoms with Crippen LogP contribution >= 0.6 is 0 Å². The molecular weight excluding hydrogens is 412 g/mol. The van der Waals surface area contributed by atoms with Crippen molar-refractivity contribution in [1.29, 1.82) is 0 Å². The van der Waals surface area contributed by atoms with Crippen LogP contribution in [-0.2, 0) is 25.7 Å². The van der Waals surface area contributed by atoms with Crippen molar-refractivity contribution in [2.24, 2.45) is 0 Å². The number of anilines is 1. The molecule has 2 fully saturated rings. The number of carbonyl (C=O) groups is 4. The summed E-state index contributed by atoms with van der Waals surface area (Å²) in [4.78, 5) is 54.2. The number of benzene rings is 1. The Morgan fingerprint density at radius 3 is 2.50 bits per heavy atom. The van der Waals surface area contributed by atoms with Gasteiger partial charge in [0.05, 0.1) is 13.0 Å². The third-order valence-electron chi connectivity index (χ3n) is 6.02. The van der Waals surface area contributed by atoms with Crippen molar-refractivity contribution in [3.63, 3.8) is 0 Å². The van der Waals surface area contributed by atoms with Gasteiger partial charge >= 0.3 is 0 Å². The minimum atomic E-state index is -0.604. The zero-order valence-electron chi connectivity index (χ0n) is 19.1. The molecule has 0 spiro atoms. The van der Waals surface area contributed by atoms with E-state index in [2.05, 4.69) is 10.2 Å². The van der Waals surface area contributed by atoms with Gasteiger partial charge in [-0.05, 0) is 30.2 Å². The SMILES string of the molecule is CC.COCCC(=O)N1CCN(c2ccc3c(c2)CN(C2CCC(=O)NC2=O)C3=O)CC1. The Bertz CT molecular complexity index is 879. The van der Waals surface area contributed by atoms with Gasteiger partial charge in [-0.2, -0.15) is 0 Å².